The van der Waals surface area contributed by atoms with Gasteiger partial charge in [-0.05, 0) is 30.0 Å². The molecule has 0 bridgehead atoms. The van der Waals surface area contributed by atoms with Crippen LogP contribution in [-0.4, -0.2) is 69.6 Å². The van der Waals surface area contributed by atoms with Crippen molar-refractivity contribution in [2.45, 2.75) is 50.9 Å². The highest BCUT2D eigenvalue weighted by Gasteiger charge is 2.31. The molecule has 5 unspecified atom stereocenters. The van der Waals surface area contributed by atoms with E-state index in [2.05, 4.69) is 41.2 Å². The van der Waals surface area contributed by atoms with Gasteiger partial charge in [0.05, 0.1) is 6.04 Å². The van der Waals surface area contributed by atoms with E-state index in [0.717, 1.165) is 5.56 Å². The number of carbonyl (C=O) groups excluding carboxylic acids is 3. The molecule has 0 saturated heterocycles. The van der Waals surface area contributed by atoms with Gasteiger partial charge in [-0.25, -0.2) is 4.79 Å². The van der Waals surface area contributed by atoms with E-state index in [1.807, 2.05) is 0 Å². The van der Waals surface area contributed by atoms with Crippen molar-refractivity contribution in [2.75, 3.05) is 11.5 Å². The Morgan fingerprint density at radius 1 is 0.939 bits per heavy atom. The van der Waals surface area contributed by atoms with Crippen LogP contribution in [0.1, 0.15) is 25.8 Å². The maximum atomic E-state index is 12.6. The topological polar surface area (TPSA) is 171 Å². The summed E-state index contributed by atoms with van der Waals surface area (Å²) in [5.74, 6) is -3.52. The quantitative estimate of drug-likeness (QED) is 0.172. The van der Waals surface area contributed by atoms with E-state index in [9.17, 15) is 29.4 Å². The molecule has 0 aliphatic carbocycles. The summed E-state index contributed by atoms with van der Waals surface area (Å²) in [4.78, 5) is 49.1. The lowest BCUT2D eigenvalue weighted by Crippen LogP contribution is -2.58. The summed E-state index contributed by atoms with van der Waals surface area (Å²) in [6, 6.07) is 1.95. The summed E-state index contributed by atoms with van der Waals surface area (Å²) in [5.41, 5.74) is 6.65. The number of benzene rings is 1. The second-order valence-corrected chi connectivity index (χ2v) is 8.40. The van der Waals surface area contributed by atoms with Crippen LogP contribution in [0.2, 0.25) is 0 Å². The molecule has 184 valence electrons. The Bertz CT molecular complexity index is 823. The first kappa shape index (κ1) is 28.6. The van der Waals surface area contributed by atoms with Crippen molar-refractivity contribution in [3.05, 3.63) is 29.8 Å². The molecule has 0 spiro atoms. The number of amides is 3. The molecule has 33 heavy (non-hydrogen) atoms. The number of phenols is 1. The molecule has 0 saturated carbocycles. The zero-order chi connectivity index (χ0) is 25.1. The molecule has 3 amide bonds. The first-order valence-corrected chi connectivity index (χ1v) is 11.7. The standard InChI is InChI=1S/C21H32N4O6S2/c1-3-11(2)17(21(30)31)25-20(29)16(10-33)24-19(28)15(9-32)23-18(27)14(22)8-12-4-6-13(26)7-5-12/h4-7,11,14-17,26,32-33H,3,8-10,22H2,1-2H3,(H,23,27)(H,24,28)(H,25,29)(H,30,31). The van der Waals surface area contributed by atoms with Crippen LogP contribution in [-0.2, 0) is 25.6 Å². The first-order chi connectivity index (χ1) is 15.5. The summed E-state index contributed by atoms with van der Waals surface area (Å²) in [6.45, 7) is 3.50. The lowest BCUT2D eigenvalue weighted by Gasteiger charge is -2.25. The van der Waals surface area contributed by atoms with Gasteiger partial charge >= 0.3 is 5.97 Å². The van der Waals surface area contributed by atoms with Crippen molar-refractivity contribution in [3.8, 4) is 5.75 Å². The van der Waals surface area contributed by atoms with Gasteiger partial charge in [0, 0.05) is 11.5 Å². The van der Waals surface area contributed by atoms with Gasteiger partial charge in [0.2, 0.25) is 17.7 Å². The van der Waals surface area contributed by atoms with Crippen molar-refractivity contribution in [3.63, 3.8) is 0 Å². The molecule has 1 aromatic rings. The number of hydrogen-bond donors (Lipinski definition) is 8. The van der Waals surface area contributed by atoms with Crippen molar-refractivity contribution in [1.29, 1.82) is 0 Å². The number of carboxylic acid groups (broad SMARTS) is 1. The van der Waals surface area contributed by atoms with Gasteiger partial charge in [-0.15, -0.1) is 0 Å². The first-order valence-electron chi connectivity index (χ1n) is 10.4. The van der Waals surface area contributed by atoms with Gasteiger partial charge in [0.15, 0.2) is 0 Å². The van der Waals surface area contributed by atoms with Gasteiger partial charge in [-0.3, -0.25) is 14.4 Å². The maximum Gasteiger partial charge on any atom is 0.326 e. The largest absolute Gasteiger partial charge is 0.508 e. The minimum absolute atomic E-state index is 0.0605. The molecular formula is C21H32N4O6S2. The Hall–Kier alpha value is -2.44. The Morgan fingerprint density at radius 2 is 1.42 bits per heavy atom. The smallest absolute Gasteiger partial charge is 0.326 e. The zero-order valence-corrected chi connectivity index (χ0v) is 20.3. The third kappa shape index (κ3) is 9.14. The van der Waals surface area contributed by atoms with Gasteiger partial charge in [-0.1, -0.05) is 32.4 Å². The third-order valence-corrected chi connectivity index (χ3v) is 5.87. The molecular weight excluding hydrogens is 468 g/mol. The van der Waals surface area contributed by atoms with E-state index in [4.69, 9.17) is 5.73 Å². The average Bonchev–Trinajstić information content (AvgIpc) is 2.79. The van der Waals surface area contributed by atoms with E-state index in [0.29, 0.717) is 6.42 Å². The average molecular weight is 501 g/mol. The molecule has 10 nitrogen and oxygen atoms in total. The molecule has 5 atom stereocenters. The van der Waals surface area contributed by atoms with Gasteiger partial charge in [0.1, 0.15) is 23.9 Å². The second kappa shape index (κ2) is 14.0. The summed E-state index contributed by atoms with van der Waals surface area (Å²) >= 11 is 8.17. The number of aliphatic carboxylic acids is 1. The third-order valence-electron chi connectivity index (χ3n) is 5.14. The van der Waals surface area contributed by atoms with Crippen LogP contribution in [0, 0.1) is 5.92 Å². The van der Waals surface area contributed by atoms with Crippen LogP contribution in [0.15, 0.2) is 24.3 Å². The highest BCUT2D eigenvalue weighted by Crippen LogP contribution is 2.11. The van der Waals surface area contributed by atoms with Crippen LogP contribution in [0.3, 0.4) is 0 Å². The fourth-order valence-corrected chi connectivity index (χ4v) is 3.37. The van der Waals surface area contributed by atoms with Crippen LogP contribution in [0.25, 0.3) is 0 Å². The Balaban J connectivity index is 2.73. The number of aromatic hydroxyl groups is 1. The van der Waals surface area contributed by atoms with Crippen LogP contribution < -0.4 is 21.7 Å². The van der Waals surface area contributed by atoms with E-state index in [1.165, 1.54) is 12.1 Å². The van der Waals surface area contributed by atoms with Crippen molar-refractivity contribution < 1.29 is 29.4 Å². The molecule has 0 aliphatic heterocycles. The van der Waals surface area contributed by atoms with Crippen LogP contribution >= 0.6 is 25.3 Å². The summed E-state index contributed by atoms with van der Waals surface area (Å²) in [7, 11) is 0. The highest BCUT2D eigenvalue weighted by molar-refractivity contribution is 7.80. The molecule has 0 heterocycles. The minimum atomic E-state index is -1.18. The Labute approximate surface area is 203 Å². The molecule has 1 rings (SSSR count). The van der Waals surface area contributed by atoms with Crippen molar-refractivity contribution >= 4 is 48.9 Å². The number of phenolic OH excluding ortho intramolecular Hbond substituents is 1. The van der Waals surface area contributed by atoms with Crippen molar-refractivity contribution in [2.24, 2.45) is 11.7 Å². The van der Waals surface area contributed by atoms with Gasteiger partial charge < -0.3 is 31.9 Å². The SMILES string of the molecule is CCC(C)C(NC(=O)C(CS)NC(=O)C(CS)NC(=O)C(N)Cc1ccc(O)cc1)C(=O)O. The second-order valence-electron chi connectivity index (χ2n) is 7.67. The maximum absolute atomic E-state index is 12.6. The lowest BCUT2D eigenvalue weighted by atomic mass is 9.99. The van der Waals surface area contributed by atoms with E-state index >= 15 is 0 Å². The fourth-order valence-electron chi connectivity index (χ4n) is 2.85. The number of carbonyl (C=O) groups is 4. The number of carboxylic acids is 1. The fraction of sp³-hybridized carbons (Fsp3) is 0.524. The number of rotatable bonds is 13. The number of nitrogens with two attached hydrogens (primary N) is 1. The van der Waals surface area contributed by atoms with Crippen molar-refractivity contribution in [1.82, 2.24) is 16.0 Å². The predicted octanol–water partition coefficient (Wildman–Crippen LogP) is -0.293. The number of hydrogen-bond acceptors (Lipinski definition) is 8. The predicted molar refractivity (Wildman–Crippen MR) is 130 cm³/mol. The molecule has 0 radical (unpaired) electrons. The molecule has 1 aromatic carbocycles. The molecule has 12 heteroatoms. The Morgan fingerprint density at radius 3 is 1.88 bits per heavy atom. The lowest BCUT2D eigenvalue weighted by molar-refractivity contribution is -0.143. The zero-order valence-electron chi connectivity index (χ0n) is 18.5. The van der Waals surface area contributed by atoms with E-state index in [1.54, 1.807) is 26.0 Å². The summed E-state index contributed by atoms with van der Waals surface area (Å²) < 4.78 is 0. The van der Waals surface area contributed by atoms with E-state index < -0.39 is 47.9 Å². The molecule has 0 fully saturated rings. The van der Waals surface area contributed by atoms with Crippen LogP contribution in [0.5, 0.6) is 5.75 Å². The number of thiol groups is 2. The van der Waals surface area contributed by atoms with Gasteiger partial charge in [-0.2, -0.15) is 25.3 Å². The normalized spacial score (nSPS) is 15.4. The monoisotopic (exact) mass is 500 g/mol. The van der Waals surface area contributed by atoms with Gasteiger partial charge in [0.25, 0.3) is 0 Å². The highest BCUT2D eigenvalue weighted by atomic mass is 32.1. The number of nitrogens with one attached hydrogen (secondary N) is 3. The summed E-state index contributed by atoms with van der Waals surface area (Å²) in [5, 5.41) is 26.1. The molecule has 0 aliphatic rings. The summed E-state index contributed by atoms with van der Waals surface area (Å²) in [6.07, 6.45) is 0.716. The molecule has 0 aromatic heterocycles. The molecule has 7 N–H and O–H groups in total. The Kier molecular flexibility index (Phi) is 12.1. The minimum Gasteiger partial charge on any atom is -0.508 e. The van der Waals surface area contributed by atoms with Crippen LogP contribution in [0.4, 0.5) is 0 Å². The van der Waals surface area contributed by atoms with E-state index in [-0.39, 0.29) is 29.6 Å².